The minimum Gasteiger partial charge on any atom is -0.496 e. The van der Waals surface area contributed by atoms with Crippen LogP contribution < -0.4 is 10.5 Å². The SMILES string of the molecule is COc1cc(F)ccc1[C@@H]1[C@@H](CN)C1(C)C. The van der Waals surface area contributed by atoms with Gasteiger partial charge in [-0.2, -0.15) is 0 Å². The van der Waals surface area contributed by atoms with Gasteiger partial charge in [0.25, 0.3) is 0 Å². The van der Waals surface area contributed by atoms with Gasteiger partial charge in [0.05, 0.1) is 7.11 Å². The second kappa shape index (κ2) is 3.74. The number of halogens is 1. The van der Waals surface area contributed by atoms with Gasteiger partial charge in [-0.05, 0) is 35.4 Å². The minimum atomic E-state index is -0.261. The summed E-state index contributed by atoms with van der Waals surface area (Å²) in [6.45, 7) is 5.05. The van der Waals surface area contributed by atoms with Crippen LogP contribution in [0.25, 0.3) is 0 Å². The van der Waals surface area contributed by atoms with Crippen LogP contribution in [-0.4, -0.2) is 13.7 Å². The van der Waals surface area contributed by atoms with Crippen LogP contribution in [0.1, 0.15) is 25.3 Å². The first-order valence-electron chi connectivity index (χ1n) is 5.56. The Hall–Kier alpha value is -1.09. The van der Waals surface area contributed by atoms with Crippen molar-refractivity contribution in [3.8, 4) is 5.75 Å². The summed E-state index contributed by atoms with van der Waals surface area (Å²) in [6.07, 6.45) is 0. The molecule has 2 N–H and O–H groups in total. The Bertz CT molecular complexity index is 403. The van der Waals surface area contributed by atoms with Crippen molar-refractivity contribution in [1.29, 1.82) is 0 Å². The number of ether oxygens (including phenoxy) is 1. The summed E-state index contributed by atoms with van der Waals surface area (Å²) in [4.78, 5) is 0. The van der Waals surface area contributed by atoms with E-state index in [0.717, 1.165) is 5.56 Å². The summed E-state index contributed by atoms with van der Waals surface area (Å²) in [6, 6.07) is 4.74. The lowest BCUT2D eigenvalue weighted by molar-refractivity contribution is 0.404. The van der Waals surface area contributed by atoms with Gasteiger partial charge in [0, 0.05) is 6.07 Å². The van der Waals surface area contributed by atoms with Crippen LogP contribution >= 0.6 is 0 Å². The fraction of sp³-hybridized carbons (Fsp3) is 0.538. The molecule has 0 aromatic heterocycles. The highest BCUT2D eigenvalue weighted by molar-refractivity contribution is 5.43. The van der Waals surface area contributed by atoms with Crippen LogP contribution in [-0.2, 0) is 0 Å². The second-order valence-electron chi connectivity index (χ2n) is 5.03. The third kappa shape index (κ3) is 1.59. The van der Waals surface area contributed by atoms with Crippen LogP contribution in [0.4, 0.5) is 4.39 Å². The summed E-state index contributed by atoms with van der Waals surface area (Å²) in [5.41, 5.74) is 7.01. The van der Waals surface area contributed by atoms with E-state index in [1.54, 1.807) is 7.11 Å². The third-order valence-electron chi connectivity index (χ3n) is 3.83. The van der Waals surface area contributed by atoms with E-state index in [0.29, 0.717) is 24.1 Å². The summed E-state index contributed by atoms with van der Waals surface area (Å²) >= 11 is 0. The van der Waals surface area contributed by atoms with Crippen molar-refractivity contribution >= 4 is 0 Å². The van der Waals surface area contributed by atoms with Gasteiger partial charge >= 0.3 is 0 Å². The van der Waals surface area contributed by atoms with Crippen LogP contribution in [0.2, 0.25) is 0 Å². The number of hydrogen-bond acceptors (Lipinski definition) is 2. The summed E-state index contributed by atoms with van der Waals surface area (Å²) in [5.74, 6) is 1.22. The molecule has 0 spiro atoms. The normalized spacial score (nSPS) is 26.6. The van der Waals surface area contributed by atoms with Crippen LogP contribution in [0.5, 0.6) is 5.75 Å². The van der Waals surface area contributed by atoms with Gasteiger partial charge in [0.2, 0.25) is 0 Å². The molecule has 0 bridgehead atoms. The van der Waals surface area contributed by atoms with Gasteiger partial charge in [0.15, 0.2) is 0 Å². The summed E-state index contributed by atoms with van der Waals surface area (Å²) < 4.78 is 18.3. The fourth-order valence-corrected chi connectivity index (χ4v) is 2.74. The van der Waals surface area contributed by atoms with Crippen molar-refractivity contribution in [3.63, 3.8) is 0 Å². The van der Waals surface area contributed by atoms with Gasteiger partial charge in [-0.3, -0.25) is 0 Å². The number of methoxy groups -OCH3 is 1. The molecular formula is C13H18FNO. The molecule has 0 amide bonds. The molecule has 88 valence electrons. The number of nitrogens with two attached hydrogens (primary N) is 1. The Labute approximate surface area is 95.6 Å². The van der Waals surface area contributed by atoms with Crippen molar-refractivity contribution in [3.05, 3.63) is 29.6 Å². The van der Waals surface area contributed by atoms with E-state index in [-0.39, 0.29) is 11.2 Å². The number of hydrogen-bond donors (Lipinski definition) is 1. The Morgan fingerprint density at radius 2 is 2.12 bits per heavy atom. The average Bonchev–Trinajstić information content (AvgIpc) is 2.80. The molecule has 0 aliphatic heterocycles. The molecule has 1 aliphatic carbocycles. The minimum absolute atomic E-state index is 0.194. The maximum atomic E-state index is 13.1. The third-order valence-corrected chi connectivity index (χ3v) is 3.83. The molecule has 2 rings (SSSR count). The van der Waals surface area contributed by atoms with Gasteiger partial charge < -0.3 is 10.5 Å². The predicted octanol–water partition coefficient (Wildman–Crippen LogP) is 2.53. The molecule has 1 fully saturated rings. The molecule has 16 heavy (non-hydrogen) atoms. The van der Waals surface area contributed by atoms with E-state index >= 15 is 0 Å². The summed E-state index contributed by atoms with van der Waals surface area (Å²) in [5, 5.41) is 0. The molecule has 1 aromatic carbocycles. The first kappa shape index (κ1) is 11.4. The van der Waals surface area contributed by atoms with Crippen LogP contribution in [0.15, 0.2) is 18.2 Å². The number of benzene rings is 1. The maximum Gasteiger partial charge on any atom is 0.126 e. The maximum absolute atomic E-state index is 13.1. The molecule has 1 aromatic rings. The highest BCUT2D eigenvalue weighted by atomic mass is 19.1. The van der Waals surface area contributed by atoms with E-state index in [9.17, 15) is 4.39 Å². The van der Waals surface area contributed by atoms with Gasteiger partial charge in [0.1, 0.15) is 11.6 Å². The van der Waals surface area contributed by atoms with Crippen molar-refractivity contribution in [2.75, 3.05) is 13.7 Å². The smallest absolute Gasteiger partial charge is 0.126 e. The van der Waals surface area contributed by atoms with E-state index in [2.05, 4.69) is 13.8 Å². The lowest BCUT2D eigenvalue weighted by Gasteiger charge is -2.09. The van der Waals surface area contributed by atoms with E-state index in [1.807, 2.05) is 6.07 Å². The Morgan fingerprint density at radius 1 is 1.44 bits per heavy atom. The van der Waals surface area contributed by atoms with Crippen molar-refractivity contribution < 1.29 is 9.13 Å². The largest absolute Gasteiger partial charge is 0.496 e. The lowest BCUT2D eigenvalue weighted by atomic mass is 10.0. The Kier molecular flexibility index (Phi) is 2.66. The zero-order valence-corrected chi connectivity index (χ0v) is 9.96. The number of rotatable bonds is 3. The summed E-state index contributed by atoms with van der Waals surface area (Å²) in [7, 11) is 1.57. The molecule has 1 saturated carbocycles. The van der Waals surface area contributed by atoms with Crippen LogP contribution in [0.3, 0.4) is 0 Å². The Balaban J connectivity index is 2.35. The highest BCUT2D eigenvalue weighted by Crippen LogP contribution is 2.65. The van der Waals surface area contributed by atoms with Crippen molar-refractivity contribution in [1.82, 2.24) is 0 Å². The molecule has 2 atom stereocenters. The van der Waals surface area contributed by atoms with E-state index in [1.165, 1.54) is 12.1 Å². The van der Waals surface area contributed by atoms with Gasteiger partial charge in [-0.25, -0.2) is 4.39 Å². The Morgan fingerprint density at radius 3 is 2.62 bits per heavy atom. The van der Waals surface area contributed by atoms with E-state index < -0.39 is 0 Å². The fourth-order valence-electron chi connectivity index (χ4n) is 2.74. The van der Waals surface area contributed by atoms with Crippen molar-refractivity contribution in [2.24, 2.45) is 17.1 Å². The molecule has 0 heterocycles. The molecular weight excluding hydrogens is 205 g/mol. The molecule has 0 saturated heterocycles. The lowest BCUT2D eigenvalue weighted by Crippen LogP contribution is -2.05. The van der Waals surface area contributed by atoms with Gasteiger partial charge in [-0.15, -0.1) is 0 Å². The zero-order chi connectivity index (χ0) is 11.9. The van der Waals surface area contributed by atoms with Crippen molar-refractivity contribution in [2.45, 2.75) is 19.8 Å². The zero-order valence-electron chi connectivity index (χ0n) is 9.96. The first-order valence-corrected chi connectivity index (χ1v) is 5.56. The van der Waals surface area contributed by atoms with E-state index in [4.69, 9.17) is 10.5 Å². The van der Waals surface area contributed by atoms with Crippen LogP contribution in [0, 0.1) is 17.2 Å². The first-order chi connectivity index (χ1) is 7.52. The van der Waals surface area contributed by atoms with Gasteiger partial charge in [-0.1, -0.05) is 19.9 Å². The quantitative estimate of drug-likeness (QED) is 0.854. The molecule has 3 heteroatoms. The average molecular weight is 223 g/mol. The monoisotopic (exact) mass is 223 g/mol. The highest BCUT2D eigenvalue weighted by Gasteiger charge is 2.58. The predicted molar refractivity (Wildman–Crippen MR) is 62.0 cm³/mol. The molecule has 0 unspecified atom stereocenters. The molecule has 1 aliphatic rings. The standard InChI is InChI=1S/C13H18FNO/c1-13(2)10(7-15)12(13)9-5-4-8(14)6-11(9)16-3/h4-6,10,12H,7,15H2,1-3H3/t10-,12-/m1/s1. The second-order valence-corrected chi connectivity index (χ2v) is 5.03. The topological polar surface area (TPSA) is 35.2 Å². The molecule has 0 radical (unpaired) electrons. The molecule has 2 nitrogen and oxygen atoms in total.